The lowest BCUT2D eigenvalue weighted by molar-refractivity contribution is 0.103. The Morgan fingerprint density at radius 3 is 2.74 bits per heavy atom. The number of hydrogen-bond donors (Lipinski definition) is 1. The zero-order valence-electron chi connectivity index (χ0n) is 10.6. The highest BCUT2D eigenvalue weighted by Crippen LogP contribution is 2.28. The Balaban J connectivity index is 1.91. The van der Waals surface area contributed by atoms with E-state index in [9.17, 15) is 4.79 Å². The first-order chi connectivity index (χ1) is 9.04. The number of nitrogens with one attached hydrogen (secondary N) is 1. The van der Waals surface area contributed by atoms with E-state index >= 15 is 0 Å². The van der Waals surface area contributed by atoms with Crippen LogP contribution in [0.1, 0.15) is 20.4 Å². The molecule has 3 aromatic rings. The molecule has 0 bridgehead atoms. The molecule has 0 aliphatic rings. The van der Waals surface area contributed by atoms with E-state index in [1.54, 1.807) is 4.68 Å². The zero-order chi connectivity index (χ0) is 13.6. The Bertz CT molecular complexity index is 735. The van der Waals surface area contributed by atoms with Crippen LogP contribution in [-0.2, 0) is 7.05 Å². The number of carbonyl (C=O) groups is 1. The van der Waals surface area contributed by atoms with Gasteiger partial charge in [-0.05, 0) is 19.9 Å². The second-order valence-corrected chi connectivity index (χ2v) is 6.33. The molecule has 0 spiro atoms. The Hall–Kier alpha value is -1.80. The Morgan fingerprint density at radius 1 is 1.32 bits per heavy atom. The quantitative estimate of drug-likeness (QED) is 0.787. The third-order valence-corrected chi connectivity index (χ3v) is 4.62. The van der Waals surface area contributed by atoms with Crippen molar-refractivity contribution in [1.82, 2.24) is 20.0 Å². The number of carbonyl (C=O) groups excluding carboxylic acids is 1. The fraction of sp³-hybridized carbons (Fsp3) is 0.273. The first kappa shape index (κ1) is 12.2. The largest absolute Gasteiger partial charge is 0.296 e. The Morgan fingerprint density at radius 2 is 2.11 bits per heavy atom. The minimum atomic E-state index is -0.156. The molecule has 1 N–H and O–H groups in total. The molecule has 3 heterocycles. The van der Waals surface area contributed by atoms with Crippen molar-refractivity contribution in [3.63, 3.8) is 0 Å². The lowest BCUT2D eigenvalue weighted by Crippen LogP contribution is -2.09. The van der Waals surface area contributed by atoms with E-state index in [-0.39, 0.29) is 5.91 Å². The third-order valence-electron chi connectivity index (χ3n) is 2.67. The summed E-state index contributed by atoms with van der Waals surface area (Å²) in [5.41, 5.74) is 0.930. The van der Waals surface area contributed by atoms with E-state index in [0.717, 1.165) is 20.9 Å². The Labute approximate surface area is 117 Å². The fourth-order valence-electron chi connectivity index (χ4n) is 1.82. The van der Waals surface area contributed by atoms with Crippen LogP contribution in [0.3, 0.4) is 0 Å². The van der Waals surface area contributed by atoms with Crippen molar-refractivity contribution in [2.75, 3.05) is 5.32 Å². The van der Waals surface area contributed by atoms with Crippen LogP contribution >= 0.6 is 22.7 Å². The predicted octanol–water partition coefficient (Wildman–Crippen LogP) is 2.36. The summed E-state index contributed by atoms with van der Waals surface area (Å²) in [5, 5.41) is 17.2. The van der Waals surface area contributed by atoms with Crippen molar-refractivity contribution in [1.29, 1.82) is 0 Å². The van der Waals surface area contributed by atoms with Crippen molar-refractivity contribution < 1.29 is 4.79 Å². The van der Waals surface area contributed by atoms with Gasteiger partial charge < -0.3 is 0 Å². The maximum absolute atomic E-state index is 12.1. The lowest BCUT2D eigenvalue weighted by atomic mass is 10.3. The first-order valence-corrected chi connectivity index (χ1v) is 7.22. The summed E-state index contributed by atoms with van der Waals surface area (Å²) in [6, 6.07) is 1.87. The van der Waals surface area contributed by atoms with Crippen molar-refractivity contribution in [3.05, 3.63) is 21.6 Å². The molecule has 0 saturated carbocycles. The van der Waals surface area contributed by atoms with Crippen LogP contribution in [0.2, 0.25) is 0 Å². The van der Waals surface area contributed by atoms with Crippen LogP contribution in [0.15, 0.2) is 6.07 Å². The van der Waals surface area contributed by atoms with Crippen LogP contribution in [0.25, 0.3) is 10.2 Å². The average molecular weight is 293 g/mol. The maximum atomic E-state index is 12.1. The summed E-state index contributed by atoms with van der Waals surface area (Å²) >= 11 is 2.78. The van der Waals surface area contributed by atoms with Gasteiger partial charge in [0, 0.05) is 12.4 Å². The average Bonchev–Trinajstić information content (AvgIpc) is 3.00. The molecule has 0 aromatic carbocycles. The van der Waals surface area contributed by atoms with Gasteiger partial charge in [-0.3, -0.25) is 14.8 Å². The zero-order valence-corrected chi connectivity index (χ0v) is 12.2. The van der Waals surface area contributed by atoms with Crippen molar-refractivity contribution in [3.8, 4) is 0 Å². The summed E-state index contributed by atoms with van der Waals surface area (Å²) < 4.78 is 1.79. The van der Waals surface area contributed by atoms with Gasteiger partial charge in [-0.25, -0.2) is 0 Å². The van der Waals surface area contributed by atoms with Gasteiger partial charge in [-0.1, -0.05) is 11.3 Å². The minimum Gasteiger partial charge on any atom is -0.296 e. The van der Waals surface area contributed by atoms with Gasteiger partial charge in [0.05, 0.1) is 10.6 Å². The summed E-state index contributed by atoms with van der Waals surface area (Å²) in [4.78, 5) is 13.8. The molecule has 3 rings (SSSR count). The first-order valence-electron chi connectivity index (χ1n) is 5.59. The minimum absolute atomic E-state index is 0.156. The Kier molecular flexibility index (Phi) is 2.83. The molecule has 0 radical (unpaired) electrons. The number of anilines is 1. The second-order valence-electron chi connectivity index (χ2n) is 4.12. The van der Waals surface area contributed by atoms with Crippen molar-refractivity contribution in [2.45, 2.75) is 13.8 Å². The van der Waals surface area contributed by atoms with E-state index < -0.39 is 0 Å². The third kappa shape index (κ3) is 2.13. The second kappa shape index (κ2) is 4.39. The highest BCUT2D eigenvalue weighted by Gasteiger charge is 2.16. The van der Waals surface area contributed by atoms with Crippen LogP contribution in [0.4, 0.5) is 5.13 Å². The van der Waals surface area contributed by atoms with Crippen molar-refractivity contribution >= 4 is 43.9 Å². The number of amides is 1. The van der Waals surface area contributed by atoms with Crippen molar-refractivity contribution in [2.24, 2.45) is 7.05 Å². The number of thiophene rings is 1. The lowest BCUT2D eigenvalue weighted by Gasteiger charge is -1.96. The molecule has 0 fully saturated rings. The highest BCUT2D eigenvalue weighted by atomic mass is 32.1. The number of nitrogens with zero attached hydrogens (tertiary/aromatic N) is 4. The van der Waals surface area contributed by atoms with Gasteiger partial charge in [-0.15, -0.1) is 21.5 Å². The SMILES string of the molecule is Cc1nnc(NC(=O)c2cc3c(C)nn(C)c3s2)s1. The van der Waals surface area contributed by atoms with Gasteiger partial charge in [0.15, 0.2) is 0 Å². The fourth-order valence-corrected chi connectivity index (χ4v) is 3.43. The van der Waals surface area contributed by atoms with E-state index in [2.05, 4.69) is 20.6 Å². The number of aryl methyl sites for hydroxylation is 3. The van der Waals surface area contributed by atoms with E-state index in [1.165, 1.54) is 22.7 Å². The van der Waals surface area contributed by atoms with Crippen LogP contribution in [-0.4, -0.2) is 25.9 Å². The van der Waals surface area contributed by atoms with Gasteiger partial charge in [0.25, 0.3) is 5.91 Å². The monoisotopic (exact) mass is 293 g/mol. The van der Waals surface area contributed by atoms with Crippen LogP contribution in [0.5, 0.6) is 0 Å². The molecule has 98 valence electrons. The molecular formula is C11H11N5OS2. The molecule has 6 nitrogen and oxygen atoms in total. The molecule has 8 heteroatoms. The number of fused-ring (bicyclic) bond motifs is 1. The molecule has 0 unspecified atom stereocenters. The normalized spacial score (nSPS) is 11.1. The summed E-state index contributed by atoms with van der Waals surface area (Å²) in [7, 11) is 1.88. The molecule has 19 heavy (non-hydrogen) atoms. The topological polar surface area (TPSA) is 72.7 Å². The molecule has 1 amide bonds. The van der Waals surface area contributed by atoms with Gasteiger partial charge in [0.2, 0.25) is 5.13 Å². The van der Waals surface area contributed by atoms with Gasteiger partial charge >= 0.3 is 0 Å². The predicted molar refractivity (Wildman–Crippen MR) is 75.9 cm³/mol. The molecule has 0 saturated heterocycles. The van der Waals surface area contributed by atoms with Gasteiger partial charge in [0.1, 0.15) is 9.84 Å². The summed E-state index contributed by atoms with van der Waals surface area (Å²) in [6.45, 7) is 3.78. The van der Waals surface area contributed by atoms with E-state index in [1.807, 2.05) is 27.0 Å². The molecule has 3 aromatic heterocycles. The smallest absolute Gasteiger partial charge is 0.267 e. The molecule has 0 aliphatic carbocycles. The number of rotatable bonds is 2. The number of aromatic nitrogens is 4. The summed E-state index contributed by atoms with van der Waals surface area (Å²) in [6.07, 6.45) is 0. The number of hydrogen-bond acceptors (Lipinski definition) is 6. The van der Waals surface area contributed by atoms with E-state index in [0.29, 0.717) is 10.0 Å². The standard InChI is InChI=1S/C11H11N5OS2/c1-5-7-4-8(19-10(7)16(3)15-5)9(17)12-11-14-13-6(2)18-11/h4H,1-3H3,(H,12,14,17). The van der Waals surface area contributed by atoms with E-state index in [4.69, 9.17) is 0 Å². The van der Waals surface area contributed by atoms with Crippen LogP contribution < -0.4 is 5.32 Å². The molecular weight excluding hydrogens is 282 g/mol. The maximum Gasteiger partial charge on any atom is 0.267 e. The molecule has 0 aliphatic heterocycles. The molecule has 0 atom stereocenters. The van der Waals surface area contributed by atoms with Crippen LogP contribution in [0, 0.1) is 13.8 Å². The highest BCUT2D eigenvalue weighted by molar-refractivity contribution is 7.20. The summed E-state index contributed by atoms with van der Waals surface area (Å²) in [5.74, 6) is -0.156. The van der Waals surface area contributed by atoms with Gasteiger partial charge in [-0.2, -0.15) is 5.10 Å².